The third kappa shape index (κ3) is 4.18. The average Bonchev–Trinajstić information content (AvgIpc) is 2.18. The van der Waals surface area contributed by atoms with Crippen molar-refractivity contribution in [3.05, 3.63) is 0 Å². The molecule has 1 saturated heterocycles. The van der Waals surface area contributed by atoms with Gasteiger partial charge in [-0.15, -0.1) is 0 Å². The lowest BCUT2D eigenvalue weighted by molar-refractivity contribution is -0.137. The fourth-order valence-corrected chi connectivity index (χ4v) is 1.71. The number of likely N-dealkylation sites (N-methyl/N-ethyl adjacent to an activating group) is 1. The van der Waals surface area contributed by atoms with E-state index in [2.05, 4.69) is 11.8 Å². The first-order chi connectivity index (χ1) is 7.13. The van der Waals surface area contributed by atoms with Crippen molar-refractivity contribution in [1.29, 1.82) is 0 Å². The van der Waals surface area contributed by atoms with Crippen molar-refractivity contribution in [1.82, 2.24) is 9.80 Å². The van der Waals surface area contributed by atoms with Crippen molar-refractivity contribution in [2.75, 3.05) is 46.9 Å². The Morgan fingerprint density at radius 1 is 1.47 bits per heavy atom. The Kier molecular flexibility index (Phi) is 5.05. The molecule has 1 rings (SSSR count). The van der Waals surface area contributed by atoms with E-state index in [0.29, 0.717) is 12.3 Å². The minimum Gasteiger partial charge on any atom is -0.383 e. The number of methoxy groups -OCH3 is 1. The van der Waals surface area contributed by atoms with E-state index >= 15 is 0 Å². The van der Waals surface area contributed by atoms with Crippen LogP contribution in [0.25, 0.3) is 0 Å². The molecule has 0 aromatic carbocycles. The Hall–Kier alpha value is -0.610. The number of amides is 1. The predicted octanol–water partition coefficient (Wildman–Crippen LogP) is 0.433. The average molecular weight is 214 g/mol. The summed E-state index contributed by atoms with van der Waals surface area (Å²) < 4.78 is 4.98. The van der Waals surface area contributed by atoms with Crippen LogP contribution in [0.3, 0.4) is 0 Å². The summed E-state index contributed by atoms with van der Waals surface area (Å²) in [5.74, 6) is 0.984. The second-order valence-corrected chi connectivity index (χ2v) is 4.45. The number of carbonyl (C=O) groups is 1. The number of likely N-dealkylation sites (tertiary alicyclic amines) is 1. The highest BCUT2D eigenvalue weighted by Gasteiger charge is 2.26. The zero-order chi connectivity index (χ0) is 11.3. The van der Waals surface area contributed by atoms with Gasteiger partial charge in [0.1, 0.15) is 0 Å². The molecule has 15 heavy (non-hydrogen) atoms. The number of hydrogen-bond donors (Lipinski definition) is 0. The van der Waals surface area contributed by atoms with Crippen LogP contribution in [0.15, 0.2) is 0 Å². The lowest BCUT2D eigenvalue weighted by Crippen LogP contribution is -2.49. The number of carbonyl (C=O) groups excluding carboxylic acids is 1. The van der Waals surface area contributed by atoms with Gasteiger partial charge in [-0.25, -0.2) is 0 Å². The molecule has 1 amide bonds. The Morgan fingerprint density at radius 2 is 2.13 bits per heavy atom. The molecule has 0 radical (unpaired) electrons. The van der Waals surface area contributed by atoms with Crippen LogP contribution in [-0.2, 0) is 9.53 Å². The molecule has 0 aromatic rings. The summed E-state index contributed by atoms with van der Waals surface area (Å²) in [6.07, 6.45) is 0.632. The number of nitrogens with zero attached hydrogens (tertiary/aromatic N) is 2. The number of rotatable bonds is 6. The van der Waals surface area contributed by atoms with Gasteiger partial charge in [-0.2, -0.15) is 0 Å². The standard InChI is InChI=1S/C11H22N2O2/c1-10-8-13(9-10)11(14)4-5-12(2)6-7-15-3/h10H,4-9H2,1-3H3. The van der Waals surface area contributed by atoms with Gasteiger partial charge in [0.25, 0.3) is 0 Å². The zero-order valence-electron chi connectivity index (χ0n) is 10.0. The van der Waals surface area contributed by atoms with Crippen LogP contribution in [0.5, 0.6) is 0 Å². The summed E-state index contributed by atoms with van der Waals surface area (Å²) in [7, 11) is 3.71. The van der Waals surface area contributed by atoms with E-state index in [-0.39, 0.29) is 5.91 Å². The van der Waals surface area contributed by atoms with Gasteiger partial charge in [0, 0.05) is 39.7 Å². The van der Waals surface area contributed by atoms with Gasteiger partial charge in [0.05, 0.1) is 6.61 Å². The van der Waals surface area contributed by atoms with Gasteiger partial charge < -0.3 is 14.5 Å². The van der Waals surface area contributed by atoms with Crippen LogP contribution in [0.4, 0.5) is 0 Å². The van der Waals surface area contributed by atoms with E-state index in [4.69, 9.17) is 4.74 Å². The van der Waals surface area contributed by atoms with Gasteiger partial charge in [-0.3, -0.25) is 4.79 Å². The van der Waals surface area contributed by atoms with E-state index < -0.39 is 0 Å². The summed E-state index contributed by atoms with van der Waals surface area (Å²) in [6, 6.07) is 0. The highest BCUT2D eigenvalue weighted by molar-refractivity contribution is 5.77. The molecule has 1 heterocycles. The minimum atomic E-state index is 0.289. The van der Waals surface area contributed by atoms with Crippen LogP contribution in [0.1, 0.15) is 13.3 Å². The van der Waals surface area contributed by atoms with E-state index in [0.717, 1.165) is 32.8 Å². The molecule has 0 N–H and O–H groups in total. The summed E-state index contributed by atoms with van der Waals surface area (Å²) in [6.45, 7) is 6.51. The highest BCUT2D eigenvalue weighted by atomic mass is 16.5. The van der Waals surface area contributed by atoms with Crippen molar-refractivity contribution < 1.29 is 9.53 Å². The van der Waals surface area contributed by atoms with Crippen molar-refractivity contribution in [3.63, 3.8) is 0 Å². The predicted molar refractivity (Wildman–Crippen MR) is 59.7 cm³/mol. The van der Waals surface area contributed by atoms with Gasteiger partial charge in [0.15, 0.2) is 0 Å². The second-order valence-electron chi connectivity index (χ2n) is 4.45. The number of hydrogen-bond acceptors (Lipinski definition) is 3. The molecule has 88 valence electrons. The largest absolute Gasteiger partial charge is 0.383 e. The van der Waals surface area contributed by atoms with Gasteiger partial charge in [0.2, 0.25) is 5.91 Å². The quantitative estimate of drug-likeness (QED) is 0.643. The first kappa shape index (κ1) is 12.5. The molecule has 0 aliphatic carbocycles. The molecule has 4 nitrogen and oxygen atoms in total. The molecule has 1 aliphatic heterocycles. The lowest BCUT2D eigenvalue weighted by Gasteiger charge is -2.37. The van der Waals surface area contributed by atoms with Crippen LogP contribution in [0, 0.1) is 5.92 Å². The molecule has 4 heteroatoms. The van der Waals surface area contributed by atoms with Crippen LogP contribution >= 0.6 is 0 Å². The molecule has 0 unspecified atom stereocenters. The normalized spacial score (nSPS) is 16.9. The zero-order valence-corrected chi connectivity index (χ0v) is 10.0. The molecular weight excluding hydrogens is 192 g/mol. The summed E-state index contributed by atoms with van der Waals surface area (Å²) in [5.41, 5.74) is 0. The lowest BCUT2D eigenvalue weighted by atomic mass is 10.0. The third-order valence-electron chi connectivity index (χ3n) is 2.80. The summed E-state index contributed by atoms with van der Waals surface area (Å²) in [4.78, 5) is 15.7. The fraction of sp³-hybridized carbons (Fsp3) is 0.909. The smallest absolute Gasteiger partial charge is 0.223 e. The Bertz CT molecular complexity index is 203. The molecule has 1 fully saturated rings. The maximum absolute atomic E-state index is 11.6. The summed E-state index contributed by atoms with van der Waals surface area (Å²) >= 11 is 0. The first-order valence-electron chi connectivity index (χ1n) is 5.58. The summed E-state index contributed by atoms with van der Waals surface area (Å²) in [5, 5.41) is 0. The Morgan fingerprint density at radius 3 is 2.67 bits per heavy atom. The Labute approximate surface area is 92.2 Å². The maximum atomic E-state index is 11.6. The van der Waals surface area contributed by atoms with Crippen LogP contribution < -0.4 is 0 Å². The van der Waals surface area contributed by atoms with Crippen LogP contribution in [-0.4, -0.2) is 62.7 Å². The highest BCUT2D eigenvalue weighted by Crippen LogP contribution is 2.14. The molecular formula is C11H22N2O2. The fourth-order valence-electron chi connectivity index (χ4n) is 1.71. The van der Waals surface area contributed by atoms with E-state index in [9.17, 15) is 4.79 Å². The Balaban J connectivity index is 2.06. The van der Waals surface area contributed by atoms with Crippen molar-refractivity contribution in [3.8, 4) is 0 Å². The van der Waals surface area contributed by atoms with E-state index in [1.165, 1.54) is 0 Å². The van der Waals surface area contributed by atoms with Crippen molar-refractivity contribution in [2.24, 2.45) is 5.92 Å². The van der Waals surface area contributed by atoms with Gasteiger partial charge in [-0.05, 0) is 13.0 Å². The number of ether oxygens (including phenoxy) is 1. The first-order valence-corrected chi connectivity index (χ1v) is 5.58. The molecule has 0 spiro atoms. The van der Waals surface area contributed by atoms with E-state index in [1.54, 1.807) is 7.11 Å². The van der Waals surface area contributed by atoms with Crippen molar-refractivity contribution >= 4 is 5.91 Å². The SMILES string of the molecule is COCCN(C)CCC(=O)N1CC(C)C1. The van der Waals surface area contributed by atoms with Gasteiger partial charge in [-0.1, -0.05) is 6.92 Å². The topological polar surface area (TPSA) is 32.8 Å². The maximum Gasteiger partial charge on any atom is 0.223 e. The minimum absolute atomic E-state index is 0.289. The molecule has 0 bridgehead atoms. The monoisotopic (exact) mass is 214 g/mol. The van der Waals surface area contributed by atoms with E-state index in [1.807, 2.05) is 11.9 Å². The molecule has 1 aliphatic rings. The van der Waals surface area contributed by atoms with Gasteiger partial charge >= 0.3 is 0 Å². The third-order valence-corrected chi connectivity index (χ3v) is 2.80. The van der Waals surface area contributed by atoms with Crippen molar-refractivity contribution in [2.45, 2.75) is 13.3 Å². The second kappa shape index (κ2) is 6.08. The van der Waals surface area contributed by atoms with Crippen LogP contribution in [0.2, 0.25) is 0 Å². The molecule has 0 saturated carbocycles. The molecule has 0 aromatic heterocycles. The molecule has 0 atom stereocenters.